The maximum Gasteiger partial charge on any atom is 0.240 e. The summed E-state index contributed by atoms with van der Waals surface area (Å²) >= 11 is 0. The van der Waals surface area contributed by atoms with Crippen molar-refractivity contribution >= 4 is 21.6 Å². The number of sulfonamides is 1. The van der Waals surface area contributed by atoms with E-state index < -0.39 is 10.0 Å². The number of amides is 1. The van der Waals surface area contributed by atoms with Gasteiger partial charge in [0, 0.05) is 6.04 Å². The number of aryl methyl sites for hydroxylation is 1. The van der Waals surface area contributed by atoms with Crippen molar-refractivity contribution in [2.24, 2.45) is 0 Å². The van der Waals surface area contributed by atoms with Crippen LogP contribution < -0.4 is 9.62 Å². The first-order chi connectivity index (χ1) is 10.3. The van der Waals surface area contributed by atoms with Crippen LogP contribution in [0.25, 0.3) is 0 Å². The second-order valence-electron chi connectivity index (χ2n) is 5.55. The summed E-state index contributed by atoms with van der Waals surface area (Å²) in [5.41, 5.74) is 1.64. The van der Waals surface area contributed by atoms with E-state index in [1.807, 2.05) is 32.9 Å². The number of nitrogens with one attached hydrogen (secondary N) is 1. The predicted octanol–water partition coefficient (Wildman–Crippen LogP) is 2.32. The molecule has 0 aromatic heterocycles. The smallest absolute Gasteiger partial charge is 0.240 e. The fourth-order valence-electron chi connectivity index (χ4n) is 2.25. The van der Waals surface area contributed by atoms with E-state index in [1.54, 1.807) is 12.1 Å². The highest BCUT2D eigenvalue weighted by Crippen LogP contribution is 2.18. The first-order valence-electron chi connectivity index (χ1n) is 7.64. The zero-order valence-electron chi connectivity index (χ0n) is 13.8. The van der Waals surface area contributed by atoms with Gasteiger partial charge in [0.1, 0.15) is 6.54 Å². The summed E-state index contributed by atoms with van der Waals surface area (Å²) in [7, 11) is -3.51. The third-order valence-corrected chi connectivity index (χ3v) is 4.59. The van der Waals surface area contributed by atoms with Crippen molar-refractivity contribution in [1.82, 2.24) is 5.32 Å². The Labute approximate surface area is 133 Å². The van der Waals surface area contributed by atoms with Gasteiger partial charge in [0.2, 0.25) is 15.9 Å². The summed E-state index contributed by atoms with van der Waals surface area (Å²) in [5.74, 6) is -0.286. The molecule has 0 aliphatic heterocycles. The molecule has 0 saturated carbocycles. The van der Waals surface area contributed by atoms with Crippen LogP contribution in [0.3, 0.4) is 0 Å². The largest absolute Gasteiger partial charge is 0.352 e. The van der Waals surface area contributed by atoms with Crippen molar-refractivity contribution in [3.05, 3.63) is 29.8 Å². The van der Waals surface area contributed by atoms with Crippen LogP contribution in [-0.2, 0) is 21.2 Å². The molecule has 0 radical (unpaired) electrons. The minimum Gasteiger partial charge on any atom is -0.352 e. The average molecular weight is 326 g/mol. The van der Waals surface area contributed by atoms with E-state index in [1.165, 1.54) is 0 Å². The number of carbonyl (C=O) groups excluding carboxylic acids is 1. The molecular formula is C16H26N2O3S. The molecule has 0 bridgehead atoms. The summed E-state index contributed by atoms with van der Waals surface area (Å²) in [5, 5.41) is 2.83. The second kappa shape index (κ2) is 8.17. The summed E-state index contributed by atoms with van der Waals surface area (Å²) in [6.45, 7) is 5.80. The molecule has 0 spiro atoms. The van der Waals surface area contributed by atoms with Crippen molar-refractivity contribution in [1.29, 1.82) is 0 Å². The van der Waals surface area contributed by atoms with Crippen molar-refractivity contribution in [2.75, 3.05) is 17.1 Å². The zero-order chi connectivity index (χ0) is 16.8. The lowest BCUT2D eigenvalue weighted by molar-refractivity contribution is -0.120. The molecule has 1 rings (SSSR count). The van der Waals surface area contributed by atoms with Crippen molar-refractivity contribution in [2.45, 2.75) is 46.1 Å². The molecule has 0 fully saturated rings. The van der Waals surface area contributed by atoms with Gasteiger partial charge in [-0.3, -0.25) is 9.10 Å². The maximum absolute atomic E-state index is 12.1. The lowest BCUT2D eigenvalue weighted by atomic mass is 10.1. The number of hydrogen-bond donors (Lipinski definition) is 1. The van der Waals surface area contributed by atoms with E-state index in [0.717, 1.165) is 35.4 Å². The van der Waals surface area contributed by atoms with Crippen LogP contribution in [0, 0.1) is 0 Å². The molecule has 1 atom stereocenters. The SMILES string of the molecule is CCC[C@H](C)NC(=O)CN(c1ccc(CC)cc1)S(C)(=O)=O. The number of benzene rings is 1. The molecular weight excluding hydrogens is 300 g/mol. The average Bonchev–Trinajstić information content (AvgIpc) is 2.44. The molecule has 5 nitrogen and oxygen atoms in total. The monoisotopic (exact) mass is 326 g/mol. The van der Waals surface area contributed by atoms with Gasteiger partial charge in [0.15, 0.2) is 0 Å². The molecule has 0 unspecified atom stereocenters. The van der Waals surface area contributed by atoms with Gasteiger partial charge >= 0.3 is 0 Å². The van der Waals surface area contributed by atoms with Crippen LogP contribution in [0.5, 0.6) is 0 Å². The number of hydrogen-bond acceptors (Lipinski definition) is 3. The third-order valence-electron chi connectivity index (χ3n) is 3.45. The normalized spacial score (nSPS) is 12.7. The molecule has 0 aliphatic carbocycles. The Morgan fingerprint density at radius 3 is 2.27 bits per heavy atom. The molecule has 124 valence electrons. The lowest BCUT2D eigenvalue weighted by Gasteiger charge is -2.23. The molecule has 1 aromatic carbocycles. The van der Waals surface area contributed by atoms with Crippen molar-refractivity contribution < 1.29 is 13.2 Å². The minimum atomic E-state index is -3.51. The minimum absolute atomic E-state index is 0.0429. The summed E-state index contributed by atoms with van der Waals surface area (Å²) in [6, 6.07) is 7.28. The van der Waals surface area contributed by atoms with Crippen LogP contribution >= 0.6 is 0 Å². The lowest BCUT2D eigenvalue weighted by Crippen LogP contribution is -2.43. The predicted molar refractivity (Wildman–Crippen MR) is 90.5 cm³/mol. The molecule has 6 heteroatoms. The Hall–Kier alpha value is -1.56. The molecule has 22 heavy (non-hydrogen) atoms. The van der Waals surface area contributed by atoms with E-state index in [4.69, 9.17) is 0 Å². The van der Waals surface area contributed by atoms with Gasteiger partial charge in [-0.1, -0.05) is 32.4 Å². The highest BCUT2D eigenvalue weighted by molar-refractivity contribution is 7.92. The molecule has 1 aromatic rings. The number of rotatable bonds is 8. The number of nitrogens with zero attached hydrogens (tertiary/aromatic N) is 1. The Bertz CT molecular complexity index is 582. The highest BCUT2D eigenvalue weighted by Gasteiger charge is 2.21. The van der Waals surface area contributed by atoms with Gasteiger partial charge < -0.3 is 5.32 Å². The van der Waals surface area contributed by atoms with Crippen LogP contribution in [0.2, 0.25) is 0 Å². The first kappa shape index (κ1) is 18.5. The van der Waals surface area contributed by atoms with E-state index in [9.17, 15) is 13.2 Å². The first-order valence-corrected chi connectivity index (χ1v) is 9.48. The fraction of sp³-hybridized carbons (Fsp3) is 0.562. The molecule has 1 amide bonds. The van der Waals surface area contributed by atoms with Crippen molar-refractivity contribution in [3.63, 3.8) is 0 Å². The molecule has 1 N–H and O–H groups in total. The highest BCUT2D eigenvalue weighted by atomic mass is 32.2. The van der Waals surface area contributed by atoms with Gasteiger partial charge in [0.25, 0.3) is 0 Å². The van der Waals surface area contributed by atoms with Gasteiger partial charge in [-0.15, -0.1) is 0 Å². The van der Waals surface area contributed by atoms with E-state index >= 15 is 0 Å². The van der Waals surface area contributed by atoms with Crippen LogP contribution in [0.1, 0.15) is 39.2 Å². The fourth-order valence-corrected chi connectivity index (χ4v) is 3.11. The van der Waals surface area contributed by atoms with E-state index in [-0.39, 0.29) is 18.5 Å². The van der Waals surface area contributed by atoms with Gasteiger partial charge in [0.05, 0.1) is 11.9 Å². The van der Waals surface area contributed by atoms with Gasteiger partial charge in [-0.25, -0.2) is 8.42 Å². The second-order valence-corrected chi connectivity index (χ2v) is 7.45. The maximum atomic E-state index is 12.1. The number of anilines is 1. The Morgan fingerprint density at radius 2 is 1.82 bits per heavy atom. The van der Waals surface area contributed by atoms with Crippen LogP contribution in [0.15, 0.2) is 24.3 Å². The topological polar surface area (TPSA) is 66.5 Å². The van der Waals surface area contributed by atoms with Crippen LogP contribution in [0.4, 0.5) is 5.69 Å². The number of carbonyl (C=O) groups is 1. The van der Waals surface area contributed by atoms with Gasteiger partial charge in [-0.05, 0) is 37.5 Å². The summed E-state index contributed by atoms with van der Waals surface area (Å²) in [4.78, 5) is 12.1. The Balaban J connectivity index is 2.88. The molecule has 0 saturated heterocycles. The summed E-state index contributed by atoms with van der Waals surface area (Å²) in [6.07, 6.45) is 3.84. The summed E-state index contributed by atoms with van der Waals surface area (Å²) < 4.78 is 25.1. The quantitative estimate of drug-likeness (QED) is 0.797. The van der Waals surface area contributed by atoms with Crippen LogP contribution in [-0.4, -0.2) is 33.2 Å². The Morgan fingerprint density at radius 1 is 1.23 bits per heavy atom. The van der Waals surface area contributed by atoms with E-state index in [0.29, 0.717) is 5.69 Å². The standard InChI is InChI=1S/C16H26N2O3S/c1-5-7-13(3)17-16(19)12-18(22(4,20)21)15-10-8-14(6-2)9-11-15/h8-11,13H,5-7,12H2,1-4H3,(H,17,19)/t13-/m0/s1. The Kier molecular flexibility index (Phi) is 6.87. The molecule has 0 heterocycles. The van der Waals surface area contributed by atoms with E-state index in [2.05, 4.69) is 5.32 Å². The zero-order valence-corrected chi connectivity index (χ0v) is 14.6. The van der Waals surface area contributed by atoms with Crippen molar-refractivity contribution in [3.8, 4) is 0 Å². The van der Waals surface area contributed by atoms with Gasteiger partial charge in [-0.2, -0.15) is 0 Å². The molecule has 0 aliphatic rings. The third kappa shape index (κ3) is 5.67.